The van der Waals surface area contributed by atoms with Gasteiger partial charge in [0, 0.05) is 52.2 Å². The monoisotopic (exact) mass is 624 g/mol. The molecule has 2 atom stereocenters. The van der Waals surface area contributed by atoms with Crippen molar-refractivity contribution in [1.29, 1.82) is 0 Å². The highest BCUT2D eigenvalue weighted by Gasteiger charge is 2.43. The Balaban J connectivity index is 1.62. The Hall–Kier alpha value is -2.61. The van der Waals surface area contributed by atoms with Crippen LogP contribution in [0.5, 0.6) is 0 Å². The van der Waals surface area contributed by atoms with Gasteiger partial charge in [-0.3, -0.25) is 4.79 Å². The van der Waals surface area contributed by atoms with Crippen molar-refractivity contribution >= 4 is 45.2 Å². The third kappa shape index (κ3) is 6.32. The fraction of sp³-hybridized carbons (Fsp3) is 0.440. The van der Waals surface area contributed by atoms with E-state index in [9.17, 15) is 35.6 Å². The van der Waals surface area contributed by atoms with E-state index >= 15 is 0 Å². The number of nitrogens with zero attached hydrogens (tertiary/aromatic N) is 4. The van der Waals surface area contributed by atoms with Gasteiger partial charge in [-0.25, -0.2) is 17.6 Å². The molecule has 2 aliphatic rings. The maximum atomic E-state index is 14.6. The Morgan fingerprint density at radius 1 is 0.950 bits per heavy atom. The first kappa shape index (κ1) is 30.4. The number of likely N-dealkylation sites (N-methyl/N-ethyl adjacent to an activating group) is 1. The van der Waals surface area contributed by atoms with Crippen LogP contribution in [0.15, 0.2) is 36.4 Å². The summed E-state index contributed by atoms with van der Waals surface area (Å²) in [6, 6.07) is 5.32. The van der Waals surface area contributed by atoms with Crippen LogP contribution in [0, 0.1) is 5.82 Å². The number of likely N-dealkylation sites (tertiary alicyclic amines) is 1. The molecule has 8 nitrogen and oxygen atoms in total. The topological polar surface area (TPSA) is 81.2 Å². The second-order valence-electron chi connectivity index (χ2n) is 9.79. The van der Waals surface area contributed by atoms with Crippen LogP contribution in [-0.2, 0) is 16.2 Å². The van der Waals surface area contributed by atoms with Gasteiger partial charge in [0.25, 0.3) is 5.91 Å². The van der Waals surface area contributed by atoms with Crippen molar-refractivity contribution in [2.24, 2.45) is 0 Å². The molecule has 2 aliphatic heterocycles. The van der Waals surface area contributed by atoms with Gasteiger partial charge in [0.2, 0.25) is 10.0 Å². The molecule has 0 aromatic heterocycles. The highest BCUT2D eigenvalue weighted by molar-refractivity contribution is 7.88. The van der Waals surface area contributed by atoms with E-state index in [-0.39, 0.29) is 55.3 Å². The van der Waals surface area contributed by atoms with Crippen molar-refractivity contribution in [3.05, 3.63) is 69.0 Å². The lowest BCUT2D eigenvalue weighted by Gasteiger charge is -2.35. The molecule has 2 heterocycles. The number of hydrogen-bond donors (Lipinski definition) is 0. The molecular weight excluding hydrogens is 599 g/mol. The van der Waals surface area contributed by atoms with E-state index in [0.717, 1.165) is 11.2 Å². The van der Waals surface area contributed by atoms with Gasteiger partial charge in [-0.1, -0.05) is 29.3 Å². The molecule has 0 spiro atoms. The van der Waals surface area contributed by atoms with Crippen molar-refractivity contribution in [3.63, 3.8) is 0 Å². The molecule has 0 saturated carbocycles. The third-order valence-corrected chi connectivity index (χ3v) is 9.29. The molecule has 218 valence electrons. The van der Waals surface area contributed by atoms with Gasteiger partial charge in [0.1, 0.15) is 5.82 Å². The summed E-state index contributed by atoms with van der Waals surface area (Å²) in [5, 5.41) is 0.518. The van der Waals surface area contributed by atoms with Gasteiger partial charge < -0.3 is 14.7 Å². The summed E-state index contributed by atoms with van der Waals surface area (Å²) >= 11 is 12.3. The number of amides is 3. The Bertz CT molecular complexity index is 1420. The van der Waals surface area contributed by atoms with Crippen LogP contribution in [-0.4, -0.2) is 98.0 Å². The number of rotatable bonds is 4. The molecule has 4 rings (SSSR count). The second-order valence-corrected chi connectivity index (χ2v) is 12.6. The first-order chi connectivity index (χ1) is 18.6. The summed E-state index contributed by atoms with van der Waals surface area (Å²) in [6.07, 6.45) is -3.68. The van der Waals surface area contributed by atoms with Gasteiger partial charge in [0.05, 0.1) is 33.5 Å². The molecule has 2 saturated heterocycles. The lowest BCUT2D eigenvalue weighted by atomic mass is 9.93. The van der Waals surface area contributed by atoms with Crippen LogP contribution in [0.25, 0.3) is 0 Å². The normalized spacial score (nSPS) is 20.6. The van der Waals surface area contributed by atoms with Crippen molar-refractivity contribution in [2.75, 3.05) is 52.6 Å². The van der Waals surface area contributed by atoms with E-state index in [0.29, 0.717) is 23.8 Å². The molecule has 2 fully saturated rings. The van der Waals surface area contributed by atoms with Crippen molar-refractivity contribution < 1.29 is 35.6 Å². The highest BCUT2D eigenvalue weighted by Crippen LogP contribution is 2.36. The first-order valence-electron chi connectivity index (χ1n) is 12.2. The average Bonchev–Trinajstić information content (AvgIpc) is 3.33. The van der Waals surface area contributed by atoms with E-state index < -0.39 is 51.0 Å². The number of urea groups is 1. The fourth-order valence-electron chi connectivity index (χ4n) is 5.02. The minimum absolute atomic E-state index is 0.00113. The largest absolute Gasteiger partial charge is 0.416 e. The molecule has 0 radical (unpaired) electrons. The maximum absolute atomic E-state index is 14.6. The summed E-state index contributed by atoms with van der Waals surface area (Å²) < 4.78 is 79.3. The third-order valence-electron chi connectivity index (χ3n) is 7.25. The summed E-state index contributed by atoms with van der Waals surface area (Å²) in [6.45, 7) is 0.704. The molecule has 40 heavy (non-hydrogen) atoms. The van der Waals surface area contributed by atoms with E-state index in [4.69, 9.17) is 23.2 Å². The molecule has 0 N–H and O–H groups in total. The number of carbonyl (C=O) groups is 2. The van der Waals surface area contributed by atoms with Crippen molar-refractivity contribution in [1.82, 2.24) is 19.0 Å². The molecule has 0 bridgehead atoms. The highest BCUT2D eigenvalue weighted by atomic mass is 35.5. The van der Waals surface area contributed by atoms with Crippen LogP contribution in [0.2, 0.25) is 10.0 Å². The van der Waals surface area contributed by atoms with Gasteiger partial charge in [0.15, 0.2) is 0 Å². The standard InChI is InChI=1S/C25H26Cl2F4N4O4S/c1-32(23(36)17-12-16(25(29,30)31)4-6-21(17)28)22-14-34(13-18(22)15-3-5-19(26)20(27)11-15)24(37)33-7-9-35(10-8-33)40(2,38)39/h3-6,11-12,18,22H,7-10,13-14H2,1-2H3/t18-,22+/m0/s1. The zero-order chi connectivity index (χ0) is 29.6. The molecule has 3 amide bonds. The fourth-order valence-corrected chi connectivity index (χ4v) is 6.16. The first-order valence-corrected chi connectivity index (χ1v) is 14.8. The molecule has 2 aromatic carbocycles. The number of hydrogen-bond acceptors (Lipinski definition) is 4. The zero-order valence-electron chi connectivity index (χ0n) is 21.5. The van der Waals surface area contributed by atoms with E-state index in [1.165, 1.54) is 21.2 Å². The second kappa shape index (κ2) is 11.3. The Morgan fingerprint density at radius 2 is 1.60 bits per heavy atom. The maximum Gasteiger partial charge on any atom is 0.416 e. The van der Waals surface area contributed by atoms with Crippen LogP contribution < -0.4 is 0 Å². The van der Waals surface area contributed by atoms with Crippen LogP contribution in [0.1, 0.15) is 27.4 Å². The predicted octanol–water partition coefficient (Wildman–Crippen LogP) is 4.39. The number of carbonyl (C=O) groups excluding carboxylic acids is 2. The van der Waals surface area contributed by atoms with Crippen molar-refractivity contribution in [2.45, 2.75) is 18.1 Å². The Kier molecular flexibility index (Phi) is 8.61. The number of sulfonamides is 1. The average molecular weight is 625 g/mol. The smallest absolute Gasteiger partial charge is 0.336 e. The van der Waals surface area contributed by atoms with Gasteiger partial charge in [-0.05, 0) is 35.9 Å². The summed E-state index contributed by atoms with van der Waals surface area (Å²) in [5.41, 5.74) is -1.28. The summed E-state index contributed by atoms with van der Waals surface area (Å²) in [7, 11) is -2.06. The van der Waals surface area contributed by atoms with Crippen LogP contribution in [0.3, 0.4) is 0 Å². The lowest BCUT2D eigenvalue weighted by Crippen LogP contribution is -2.53. The van der Waals surface area contributed by atoms with E-state index in [1.54, 1.807) is 18.2 Å². The van der Waals surface area contributed by atoms with Crippen LogP contribution in [0.4, 0.5) is 22.4 Å². The predicted molar refractivity (Wildman–Crippen MR) is 141 cm³/mol. The Morgan fingerprint density at radius 3 is 2.17 bits per heavy atom. The minimum atomic E-state index is -4.78. The Labute approximate surface area is 239 Å². The van der Waals surface area contributed by atoms with Crippen LogP contribution >= 0.6 is 23.2 Å². The summed E-state index contributed by atoms with van der Waals surface area (Å²) in [5.74, 6) is -2.61. The molecule has 0 unspecified atom stereocenters. The summed E-state index contributed by atoms with van der Waals surface area (Å²) in [4.78, 5) is 30.9. The van der Waals surface area contributed by atoms with E-state index in [1.807, 2.05) is 0 Å². The number of benzene rings is 2. The molecule has 2 aromatic rings. The lowest BCUT2D eigenvalue weighted by molar-refractivity contribution is -0.137. The SMILES string of the molecule is CN(C(=O)c1cc(C(F)(F)F)ccc1F)[C@@H]1CN(C(=O)N2CCN(S(C)(=O)=O)CC2)C[C@H]1c1ccc(Cl)c(Cl)c1. The van der Waals surface area contributed by atoms with Gasteiger partial charge in [-0.2, -0.15) is 17.5 Å². The van der Waals surface area contributed by atoms with E-state index in [2.05, 4.69) is 0 Å². The number of piperazine rings is 1. The van der Waals surface area contributed by atoms with Gasteiger partial charge >= 0.3 is 12.2 Å². The number of alkyl halides is 3. The number of halogens is 6. The van der Waals surface area contributed by atoms with Crippen molar-refractivity contribution in [3.8, 4) is 0 Å². The molecule has 0 aliphatic carbocycles. The minimum Gasteiger partial charge on any atom is -0.336 e. The quantitative estimate of drug-likeness (QED) is 0.473. The molecule has 15 heteroatoms. The zero-order valence-corrected chi connectivity index (χ0v) is 23.8. The molecular formula is C25H26Cl2F4N4O4S. The van der Waals surface area contributed by atoms with Gasteiger partial charge in [-0.15, -0.1) is 0 Å².